The Morgan fingerprint density at radius 3 is 2.89 bits per heavy atom. The van der Waals surface area contributed by atoms with Gasteiger partial charge in [-0.2, -0.15) is 4.98 Å². The molecule has 2 aliphatic rings. The predicted molar refractivity (Wildman–Crippen MR) is 109 cm³/mol. The summed E-state index contributed by atoms with van der Waals surface area (Å²) in [5.74, 6) is 1.47. The topological polar surface area (TPSA) is 58.3 Å². The van der Waals surface area contributed by atoms with Gasteiger partial charge in [0, 0.05) is 12.1 Å². The fourth-order valence-electron chi connectivity index (χ4n) is 4.24. The van der Waals surface area contributed by atoms with E-state index in [4.69, 9.17) is 4.42 Å². The van der Waals surface area contributed by atoms with Gasteiger partial charge in [-0.05, 0) is 74.6 Å². The molecule has 1 aromatic heterocycles. The van der Waals surface area contributed by atoms with Crippen LogP contribution in [-0.2, 0) is 12.8 Å². The van der Waals surface area contributed by atoms with E-state index < -0.39 is 0 Å². The molecule has 2 aromatic rings. The van der Waals surface area contributed by atoms with Crippen LogP contribution in [0, 0.1) is 12.8 Å². The fourth-order valence-corrected chi connectivity index (χ4v) is 4.24. The van der Waals surface area contributed by atoms with Crippen LogP contribution in [0.2, 0.25) is 0 Å². The van der Waals surface area contributed by atoms with E-state index in [1.54, 1.807) is 0 Å². The lowest BCUT2D eigenvalue weighted by Gasteiger charge is -2.23. The zero-order valence-corrected chi connectivity index (χ0v) is 16.2. The quantitative estimate of drug-likeness (QED) is 0.719. The molecule has 0 amide bonds. The summed E-state index contributed by atoms with van der Waals surface area (Å²) in [5.41, 5.74) is 6.89. The van der Waals surface area contributed by atoms with Crippen molar-refractivity contribution in [3.8, 4) is 0 Å². The number of hydrogen-bond acceptors (Lipinski definition) is 4. The molecule has 0 spiro atoms. The van der Waals surface area contributed by atoms with Crippen molar-refractivity contribution in [2.24, 2.45) is 5.92 Å². The number of fused-ring (bicyclic) bond motifs is 1. The number of oxazole rings is 1. The Hall–Kier alpha value is -2.33. The highest BCUT2D eigenvalue weighted by Crippen LogP contribution is 2.36. The highest BCUT2D eigenvalue weighted by atomic mass is 16.4. The number of hydrogen-bond donors (Lipinski definition) is 2. The van der Waals surface area contributed by atoms with Crippen molar-refractivity contribution in [1.29, 1.82) is 0 Å². The van der Waals surface area contributed by atoms with E-state index in [0.717, 1.165) is 49.2 Å². The van der Waals surface area contributed by atoms with Crippen molar-refractivity contribution in [1.82, 2.24) is 4.98 Å². The Kier molecular flexibility index (Phi) is 4.92. The molecule has 2 atom stereocenters. The minimum Gasteiger partial charge on any atom is -0.423 e. The summed E-state index contributed by atoms with van der Waals surface area (Å²) in [5, 5.41) is 13.4. The molecule has 4 nitrogen and oxygen atoms in total. The van der Waals surface area contributed by atoms with E-state index in [1.165, 1.54) is 22.3 Å². The maximum Gasteiger partial charge on any atom is 0.299 e. The molecule has 27 heavy (non-hydrogen) atoms. The van der Waals surface area contributed by atoms with Gasteiger partial charge < -0.3 is 14.8 Å². The maximum absolute atomic E-state index is 10.0. The fraction of sp³-hybridized carbons (Fsp3) is 0.435. The van der Waals surface area contributed by atoms with Crippen LogP contribution in [0.25, 0.3) is 5.57 Å². The largest absolute Gasteiger partial charge is 0.423 e. The molecule has 2 aliphatic carbocycles. The summed E-state index contributed by atoms with van der Waals surface area (Å²) in [6.07, 6.45) is 7.58. The third-order valence-corrected chi connectivity index (χ3v) is 5.90. The number of rotatable bonds is 4. The van der Waals surface area contributed by atoms with Crippen LogP contribution in [0.15, 0.2) is 40.8 Å². The summed E-state index contributed by atoms with van der Waals surface area (Å²) in [6.45, 7) is 8.21. The van der Waals surface area contributed by atoms with Gasteiger partial charge in [-0.3, -0.25) is 0 Å². The van der Waals surface area contributed by atoms with Gasteiger partial charge in [-0.15, -0.1) is 0 Å². The van der Waals surface area contributed by atoms with E-state index >= 15 is 0 Å². The number of aryl methyl sites for hydroxylation is 2. The molecule has 0 bridgehead atoms. The molecule has 4 rings (SSSR count). The van der Waals surface area contributed by atoms with Crippen LogP contribution in [0.1, 0.15) is 55.2 Å². The van der Waals surface area contributed by atoms with Gasteiger partial charge in [0.15, 0.2) is 5.76 Å². The van der Waals surface area contributed by atoms with Crippen molar-refractivity contribution in [2.75, 3.05) is 5.32 Å². The second-order valence-corrected chi connectivity index (χ2v) is 7.95. The third-order valence-electron chi connectivity index (χ3n) is 5.90. The molecule has 142 valence electrons. The molecule has 0 fully saturated rings. The van der Waals surface area contributed by atoms with Gasteiger partial charge in [0.2, 0.25) is 0 Å². The van der Waals surface area contributed by atoms with Crippen molar-refractivity contribution in [2.45, 2.75) is 58.5 Å². The summed E-state index contributed by atoms with van der Waals surface area (Å²) < 4.78 is 6.10. The summed E-state index contributed by atoms with van der Waals surface area (Å²) in [6, 6.07) is 6.76. The SMILES string of the molecule is C=C(C)[C@H]1CC=C(c2oc(Nc3cccc4c3CC(O)CC4)nc2C)CC1. The molecule has 1 heterocycles. The van der Waals surface area contributed by atoms with Gasteiger partial charge in [0.25, 0.3) is 6.01 Å². The lowest BCUT2D eigenvalue weighted by molar-refractivity contribution is 0.159. The number of aliphatic hydroxyl groups is 1. The number of nitrogens with zero attached hydrogens (tertiary/aromatic N) is 1. The molecular formula is C23H28N2O2. The number of benzene rings is 1. The number of aromatic nitrogens is 1. The van der Waals surface area contributed by atoms with Crippen molar-refractivity contribution >= 4 is 17.3 Å². The highest BCUT2D eigenvalue weighted by molar-refractivity contribution is 5.67. The van der Waals surface area contributed by atoms with Crippen LogP contribution < -0.4 is 5.32 Å². The van der Waals surface area contributed by atoms with Gasteiger partial charge >= 0.3 is 0 Å². The molecule has 0 aliphatic heterocycles. The molecule has 4 heteroatoms. The zero-order chi connectivity index (χ0) is 19.0. The first kappa shape index (κ1) is 18.1. The number of allylic oxidation sites excluding steroid dienone is 3. The lowest BCUT2D eigenvalue weighted by atomic mass is 9.85. The van der Waals surface area contributed by atoms with Crippen molar-refractivity contribution in [3.63, 3.8) is 0 Å². The molecular weight excluding hydrogens is 336 g/mol. The molecule has 2 N–H and O–H groups in total. The van der Waals surface area contributed by atoms with Crippen LogP contribution in [0.4, 0.5) is 11.7 Å². The van der Waals surface area contributed by atoms with E-state index in [-0.39, 0.29) is 6.10 Å². The summed E-state index contributed by atoms with van der Waals surface area (Å²) in [7, 11) is 0. The maximum atomic E-state index is 10.0. The third kappa shape index (κ3) is 3.72. The minimum atomic E-state index is -0.268. The van der Waals surface area contributed by atoms with E-state index in [1.807, 2.05) is 13.0 Å². The summed E-state index contributed by atoms with van der Waals surface area (Å²) >= 11 is 0. The van der Waals surface area contributed by atoms with Gasteiger partial charge in [-0.25, -0.2) is 0 Å². The van der Waals surface area contributed by atoms with Crippen LogP contribution >= 0.6 is 0 Å². The summed E-state index contributed by atoms with van der Waals surface area (Å²) in [4.78, 5) is 4.60. The molecule has 1 unspecified atom stereocenters. The average molecular weight is 364 g/mol. The minimum absolute atomic E-state index is 0.268. The lowest BCUT2D eigenvalue weighted by Crippen LogP contribution is -2.19. The van der Waals surface area contributed by atoms with Crippen molar-refractivity contribution in [3.05, 3.63) is 59.0 Å². The molecule has 0 saturated heterocycles. The first-order valence-electron chi connectivity index (χ1n) is 9.89. The molecule has 0 radical (unpaired) electrons. The number of anilines is 2. The van der Waals surface area contributed by atoms with Gasteiger partial charge in [0.1, 0.15) is 0 Å². The monoisotopic (exact) mass is 364 g/mol. The van der Waals surface area contributed by atoms with Crippen LogP contribution in [-0.4, -0.2) is 16.2 Å². The van der Waals surface area contributed by atoms with Crippen LogP contribution in [0.3, 0.4) is 0 Å². The van der Waals surface area contributed by atoms with E-state index in [0.29, 0.717) is 18.4 Å². The molecule has 0 saturated carbocycles. The Morgan fingerprint density at radius 1 is 1.30 bits per heavy atom. The first-order chi connectivity index (χ1) is 13.0. The Balaban J connectivity index is 1.56. The van der Waals surface area contributed by atoms with Crippen LogP contribution in [0.5, 0.6) is 0 Å². The normalized spacial score (nSPS) is 22.1. The smallest absolute Gasteiger partial charge is 0.299 e. The number of aliphatic hydroxyl groups excluding tert-OH is 1. The Bertz CT molecular complexity index is 894. The van der Waals surface area contributed by atoms with Gasteiger partial charge in [0.05, 0.1) is 11.8 Å². The highest BCUT2D eigenvalue weighted by Gasteiger charge is 2.22. The second kappa shape index (κ2) is 7.35. The Labute approximate surface area is 161 Å². The standard InChI is InChI=1S/C23H28N2O2/c1-14(2)16-7-9-18(10-8-16)22-15(3)24-23(27-22)25-21-6-4-5-17-11-12-19(26)13-20(17)21/h4-6,9,16,19,26H,1,7-8,10-13H2,2-3H3,(H,24,25)/t16-,19?/m0/s1. The number of nitrogens with one attached hydrogen (secondary N) is 1. The van der Waals surface area contributed by atoms with Gasteiger partial charge in [-0.1, -0.05) is 30.4 Å². The zero-order valence-electron chi connectivity index (χ0n) is 16.2. The van der Waals surface area contributed by atoms with E-state index in [9.17, 15) is 5.11 Å². The molecule has 1 aromatic carbocycles. The average Bonchev–Trinajstić information content (AvgIpc) is 3.02. The van der Waals surface area contributed by atoms with Crippen molar-refractivity contribution < 1.29 is 9.52 Å². The second-order valence-electron chi connectivity index (χ2n) is 7.95. The Morgan fingerprint density at radius 2 is 2.15 bits per heavy atom. The first-order valence-corrected chi connectivity index (χ1v) is 9.89. The van der Waals surface area contributed by atoms with E-state index in [2.05, 4.69) is 42.0 Å². The predicted octanol–water partition coefficient (Wildman–Crippen LogP) is 5.34.